The number of benzene rings is 2. The van der Waals surface area contributed by atoms with Crippen molar-refractivity contribution in [2.45, 2.75) is 6.42 Å². The molecule has 0 aliphatic rings. The smallest absolute Gasteiger partial charge is 0.181 e. The van der Waals surface area contributed by atoms with Crippen molar-refractivity contribution in [2.24, 2.45) is 12.8 Å². The van der Waals surface area contributed by atoms with Gasteiger partial charge < -0.3 is 5.73 Å². The molecule has 0 spiro atoms. The van der Waals surface area contributed by atoms with Gasteiger partial charge >= 0.3 is 0 Å². The third-order valence-corrected chi connectivity index (χ3v) is 3.41. The van der Waals surface area contributed by atoms with E-state index < -0.39 is 0 Å². The molecule has 0 aliphatic carbocycles. The van der Waals surface area contributed by atoms with Crippen molar-refractivity contribution in [1.29, 1.82) is 0 Å². The van der Waals surface area contributed by atoms with E-state index in [1.54, 1.807) is 0 Å². The fraction of sp³-hybridized carbons (Fsp3) is 0.176. The Kier molecular flexibility index (Phi) is 3.79. The molecule has 0 atom stereocenters. The SMILES string of the molecule is Cn1nc(-c2ccccc2)nc1-c1cccc(CCN)c1. The molecule has 0 saturated heterocycles. The lowest BCUT2D eigenvalue weighted by molar-refractivity contribution is 0.777. The van der Waals surface area contributed by atoms with Gasteiger partial charge in [0.05, 0.1) is 0 Å². The molecule has 0 saturated carbocycles. The molecule has 0 unspecified atom stereocenters. The summed E-state index contributed by atoms with van der Waals surface area (Å²) in [6.45, 7) is 0.650. The van der Waals surface area contributed by atoms with E-state index >= 15 is 0 Å². The minimum Gasteiger partial charge on any atom is -0.330 e. The van der Waals surface area contributed by atoms with E-state index in [-0.39, 0.29) is 0 Å². The van der Waals surface area contributed by atoms with Crippen LogP contribution in [0.2, 0.25) is 0 Å². The van der Waals surface area contributed by atoms with Gasteiger partial charge in [-0.1, -0.05) is 48.5 Å². The minimum absolute atomic E-state index is 0.650. The summed E-state index contributed by atoms with van der Waals surface area (Å²) in [5, 5.41) is 4.51. The molecule has 4 heteroatoms. The predicted molar refractivity (Wildman–Crippen MR) is 84.6 cm³/mol. The molecule has 3 rings (SSSR count). The molecule has 0 fully saturated rings. The Labute approximate surface area is 124 Å². The molecule has 3 aromatic rings. The first-order valence-corrected chi connectivity index (χ1v) is 7.04. The van der Waals surface area contributed by atoms with Gasteiger partial charge in [0.2, 0.25) is 0 Å². The minimum atomic E-state index is 0.650. The summed E-state index contributed by atoms with van der Waals surface area (Å²) in [5.41, 5.74) is 8.94. The van der Waals surface area contributed by atoms with E-state index in [1.807, 2.05) is 48.1 Å². The molecule has 1 heterocycles. The van der Waals surface area contributed by atoms with E-state index in [1.165, 1.54) is 5.56 Å². The van der Waals surface area contributed by atoms with Crippen molar-refractivity contribution in [1.82, 2.24) is 14.8 Å². The maximum Gasteiger partial charge on any atom is 0.181 e. The predicted octanol–water partition coefficient (Wildman–Crippen LogP) is 2.65. The van der Waals surface area contributed by atoms with Gasteiger partial charge in [-0.15, -0.1) is 0 Å². The molecule has 1 aromatic heterocycles. The third kappa shape index (κ3) is 2.85. The van der Waals surface area contributed by atoms with Gasteiger partial charge in [-0.05, 0) is 24.6 Å². The zero-order chi connectivity index (χ0) is 14.7. The normalized spacial score (nSPS) is 10.8. The van der Waals surface area contributed by atoms with E-state index in [0.29, 0.717) is 6.54 Å². The Morgan fingerprint density at radius 2 is 1.76 bits per heavy atom. The van der Waals surface area contributed by atoms with Crippen LogP contribution in [0, 0.1) is 0 Å². The number of nitrogens with zero attached hydrogens (tertiary/aromatic N) is 3. The Bertz CT molecular complexity index is 732. The summed E-state index contributed by atoms with van der Waals surface area (Å²) < 4.78 is 1.82. The van der Waals surface area contributed by atoms with Gasteiger partial charge in [-0.2, -0.15) is 5.10 Å². The summed E-state index contributed by atoms with van der Waals surface area (Å²) in [7, 11) is 1.92. The highest BCUT2D eigenvalue weighted by Gasteiger charge is 2.11. The number of aromatic nitrogens is 3. The van der Waals surface area contributed by atoms with Crippen molar-refractivity contribution in [3.8, 4) is 22.8 Å². The highest BCUT2D eigenvalue weighted by atomic mass is 15.3. The molecule has 4 nitrogen and oxygen atoms in total. The summed E-state index contributed by atoms with van der Waals surface area (Å²) in [4.78, 5) is 4.67. The molecule has 0 aliphatic heterocycles. The molecular formula is C17H18N4. The fourth-order valence-corrected chi connectivity index (χ4v) is 2.38. The average molecular weight is 278 g/mol. The van der Waals surface area contributed by atoms with Crippen LogP contribution in [0.5, 0.6) is 0 Å². The van der Waals surface area contributed by atoms with Crippen LogP contribution < -0.4 is 5.73 Å². The van der Waals surface area contributed by atoms with Crippen molar-refractivity contribution in [2.75, 3.05) is 6.54 Å². The van der Waals surface area contributed by atoms with Crippen LogP contribution in [0.4, 0.5) is 0 Å². The first-order chi connectivity index (χ1) is 10.3. The van der Waals surface area contributed by atoms with Crippen LogP contribution in [-0.4, -0.2) is 21.3 Å². The highest BCUT2D eigenvalue weighted by molar-refractivity contribution is 5.62. The molecule has 0 amide bonds. The van der Waals surface area contributed by atoms with Crippen LogP contribution in [0.3, 0.4) is 0 Å². The third-order valence-electron chi connectivity index (χ3n) is 3.41. The molecular weight excluding hydrogens is 260 g/mol. The van der Waals surface area contributed by atoms with Gasteiger partial charge in [0, 0.05) is 18.2 Å². The van der Waals surface area contributed by atoms with Crippen LogP contribution >= 0.6 is 0 Å². The summed E-state index contributed by atoms with van der Waals surface area (Å²) in [6.07, 6.45) is 0.872. The summed E-state index contributed by atoms with van der Waals surface area (Å²) >= 11 is 0. The largest absolute Gasteiger partial charge is 0.330 e. The van der Waals surface area contributed by atoms with Crippen molar-refractivity contribution < 1.29 is 0 Å². The van der Waals surface area contributed by atoms with Crippen molar-refractivity contribution >= 4 is 0 Å². The molecule has 0 radical (unpaired) electrons. The van der Waals surface area contributed by atoms with Crippen LogP contribution in [0.1, 0.15) is 5.56 Å². The van der Waals surface area contributed by atoms with E-state index in [9.17, 15) is 0 Å². The molecule has 0 bridgehead atoms. The van der Waals surface area contributed by atoms with E-state index in [2.05, 4.69) is 28.3 Å². The van der Waals surface area contributed by atoms with Gasteiger partial charge in [-0.25, -0.2) is 9.67 Å². The molecule has 21 heavy (non-hydrogen) atoms. The quantitative estimate of drug-likeness (QED) is 0.798. The number of rotatable bonds is 4. The number of nitrogens with two attached hydrogens (primary N) is 1. The maximum absolute atomic E-state index is 5.63. The summed E-state index contributed by atoms with van der Waals surface area (Å²) in [6, 6.07) is 18.3. The zero-order valence-electron chi connectivity index (χ0n) is 12.0. The molecule has 106 valence electrons. The monoisotopic (exact) mass is 278 g/mol. The van der Waals surface area contributed by atoms with Crippen molar-refractivity contribution in [3.05, 3.63) is 60.2 Å². The van der Waals surface area contributed by atoms with Gasteiger partial charge in [0.25, 0.3) is 0 Å². The second kappa shape index (κ2) is 5.89. The molecule has 2 aromatic carbocycles. The van der Waals surface area contributed by atoms with E-state index in [0.717, 1.165) is 29.2 Å². The van der Waals surface area contributed by atoms with Crippen molar-refractivity contribution in [3.63, 3.8) is 0 Å². The Hall–Kier alpha value is -2.46. The topological polar surface area (TPSA) is 56.7 Å². The maximum atomic E-state index is 5.63. The average Bonchev–Trinajstić information content (AvgIpc) is 2.91. The van der Waals surface area contributed by atoms with Crippen LogP contribution in [-0.2, 0) is 13.5 Å². The summed E-state index contributed by atoms with van der Waals surface area (Å²) in [5.74, 6) is 1.62. The Morgan fingerprint density at radius 1 is 1.00 bits per heavy atom. The standard InChI is InChI=1S/C17H18N4/c1-21-17(15-9-5-6-13(12-15)10-11-18)19-16(20-21)14-7-3-2-4-8-14/h2-9,12H,10-11,18H2,1H3. The lowest BCUT2D eigenvalue weighted by Crippen LogP contribution is -2.03. The van der Waals surface area contributed by atoms with Gasteiger partial charge in [0.15, 0.2) is 11.6 Å². The second-order valence-electron chi connectivity index (χ2n) is 4.99. The second-order valence-corrected chi connectivity index (χ2v) is 4.99. The Balaban J connectivity index is 2.00. The van der Waals surface area contributed by atoms with Gasteiger partial charge in [0.1, 0.15) is 0 Å². The lowest BCUT2D eigenvalue weighted by atomic mass is 10.1. The Morgan fingerprint density at radius 3 is 2.52 bits per heavy atom. The zero-order valence-corrected chi connectivity index (χ0v) is 12.0. The number of hydrogen-bond donors (Lipinski definition) is 1. The van der Waals surface area contributed by atoms with Crippen LogP contribution in [0.25, 0.3) is 22.8 Å². The fourth-order valence-electron chi connectivity index (χ4n) is 2.38. The van der Waals surface area contributed by atoms with E-state index in [4.69, 9.17) is 5.73 Å². The van der Waals surface area contributed by atoms with Gasteiger partial charge in [-0.3, -0.25) is 0 Å². The first kappa shape index (κ1) is 13.5. The number of hydrogen-bond acceptors (Lipinski definition) is 3. The highest BCUT2D eigenvalue weighted by Crippen LogP contribution is 2.22. The van der Waals surface area contributed by atoms with Crippen LogP contribution in [0.15, 0.2) is 54.6 Å². The molecule has 2 N–H and O–H groups in total. The number of aryl methyl sites for hydroxylation is 1. The lowest BCUT2D eigenvalue weighted by Gasteiger charge is -2.03. The first-order valence-electron chi connectivity index (χ1n) is 7.04.